The predicted octanol–water partition coefficient (Wildman–Crippen LogP) is 6.55. The van der Waals surface area contributed by atoms with Crippen molar-refractivity contribution in [3.05, 3.63) is 83.4 Å². The van der Waals surface area contributed by atoms with E-state index in [4.69, 9.17) is 24.7 Å². The number of hydrogen-bond donors (Lipinski definition) is 2. The lowest BCUT2D eigenvalue weighted by Crippen LogP contribution is -2.28. The van der Waals surface area contributed by atoms with Crippen LogP contribution in [0.5, 0.6) is 23.0 Å². The molecule has 0 spiro atoms. The second kappa shape index (κ2) is 13.1. The van der Waals surface area contributed by atoms with Gasteiger partial charge in [0.1, 0.15) is 17.1 Å². The van der Waals surface area contributed by atoms with Crippen molar-refractivity contribution in [2.45, 2.75) is 38.7 Å². The molecule has 0 atom stereocenters. The van der Waals surface area contributed by atoms with Gasteiger partial charge in [0.15, 0.2) is 17.3 Å². The SMILES string of the molecule is COc1ccc(/C=C/C(=O)c2ccc(OC)c3c2OC(C)(C)C=C3)cc1OCCCCC(=O)Nc1ccccc1N. The van der Waals surface area contributed by atoms with Crippen molar-refractivity contribution >= 4 is 35.2 Å². The average Bonchev–Trinajstić information content (AvgIpc) is 2.95. The van der Waals surface area contributed by atoms with Crippen molar-refractivity contribution in [3.63, 3.8) is 0 Å². The van der Waals surface area contributed by atoms with E-state index in [9.17, 15) is 9.59 Å². The molecule has 3 aromatic carbocycles. The third-order valence-electron chi connectivity index (χ3n) is 6.56. The first-order valence-electron chi connectivity index (χ1n) is 13.5. The largest absolute Gasteiger partial charge is 0.496 e. The molecule has 3 aromatic rings. The first-order chi connectivity index (χ1) is 19.7. The molecule has 1 heterocycles. The Labute approximate surface area is 240 Å². The fourth-order valence-corrected chi connectivity index (χ4v) is 4.37. The number of amides is 1. The van der Waals surface area contributed by atoms with Crippen LogP contribution in [0.2, 0.25) is 0 Å². The maximum absolute atomic E-state index is 13.2. The van der Waals surface area contributed by atoms with Crippen LogP contribution in [-0.2, 0) is 4.79 Å². The number of carbonyl (C=O) groups excluding carboxylic acids is 2. The summed E-state index contributed by atoms with van der Waals surface area (Å²) in [7, 11) is 3.16. The van der Waals surface area contributed by atoms with Crippen LogP contribution in [0.3, 0.4) is 0 Å². The summed E-state index contributed by atoms with van der Waals surface area (Å²) in [5, 5.41) is 2.83. The number of nitrogen functional groups attached to an aromatic ring is 1. The van der Waals surface area contributed by atoms with Gasteiger partial charge in [-0.25, -0.2) is 0 Å². The van der Waals surface area contributed by atoms with Crippen LogP contribution in [0.1, 0.15) is 54.6 Å². The van der Waals surface area contributed by atoms with Crippen LogP contribution >= 0.6 is 0 Å². The Hall–Kier alpha value is -4.72. The first kappa shape index (κ1) is 29.3. The quantitative estimate of drug-likeness (QED) is 0.113. The molecule has 0 unspecified atom stereocenters. The summed E-state index contributed by atoms with van der Waals surface area (Å²) in [5.41, 5.74) is 8.46. The van der Waals surface area contributed by atoms with Crippen molar-refractivity contribution in [1.29, 1.82) is 0 Å². The molecule has 0 bridgehead atoms. The van der Waals surface area contributed by atoms with Gasteiger partial charge in [0, 0.05) is 6.42 Å². The van der Waals surface area contributed by atoms with Crippen molar-refractivity contribution < 1.29 is 28.5 Å². The monoisotopic (exact) mass is 556 g/mol. The maximum atomic E-state index is 13.2. The van der Waals surface area contributed by atoms with E-state index in [1.165, 1.54) is 6.08 Å². The number of methoxy groups -OCH3 is 2. The lowest BCUT2D eigenvalue weighted by molar-refractivity contribution is -0.116. The molecular weight excluding hydrogens is 520 g/mol. The lowest BCUT2D eigenvalue weighted by Gasteiger charge is -2.29. The van der Waals surface area contributed by atoms with Crippen LogP contribution in [0, 0.1) is 0 Å². The molecule has 0 saturated heterocycles. The van der Waals surface area contributed by atoms with Gasteiger partial charge in [-0.15, -0.1) is 0 Å². The van der Waals surface area contributed by atoms with E-state index in [0.717, 1.165) is 11.1 Å². The van der Waals surface area contributed by atoms with E-state index >= 15 is 0 Å². The minimum Gasteiger partial charge on any atom is -0.496 e. The summed E-state index contributed by atoms with van der Waals surface area (Å²) in [5.74, 6) is 2.00. The van der Waals surface area contributed by atoms with E-state index in [1.54, 1.807) is 50.6 Å². The number of unbranched alkanes of at least 4 members (excludes halogenated alkanes) is 1. The number of nitrogens with one attached hydrogen (secondary N) is 1. The van der Waals surface area contributed by atoms with Crippen LogP contribution in [0.25, 0.3) is 12.2 Å². The highest BCUT2D eigenvalue weighted by Gasteiger charge is 2.27. The number of rotatable bonds is 12. The molecule has 1 amide bonds. The molecule has 1 aliphatic rings. The number of carbonyl (C=O) groups is 2. The average molecular weight is 557 g/mol. The highest BCUT2D eigenvalue weighted by atomic mass is 16.5. The van der Waals surface area contributed by atoms with Crippen molar-refractivity contribution in [1.82, 2.24) is 0 Å². The third kappa shape index (κ3) is 7.48. The number of fused-ring (bicyclic) bond motifs is 1. The van der Waals surface area contributed by atoms with E-state index in [2.05, 4.69) is 5.32 Å². The van der Waals surface area contributed by atoms with Gasteiger partial charge in [-0.05, 0) is 86.9 Å². The van der Waals surface area contributed by atoms with E-state index in [1.807, 2.05) is 50.3 Å². The fraction of sp³-hybridized carbons (Fsp3) is 0.273. The highest BCUT2D eigenvalue weighted by Crippen LogP contribution is 2.40. The summed E-state index contributed by atoms with van der Waals surface area (Å²) < 4.78 is 23.0. The molecule has 0 radical (unpaired) electrons. The summed E-state index contributed by atoms with van der Waals surface area (Å²) in [6, 6.07) is 16.1. The molecule has 0 fully saturated rings. The summed E-state index contributed by atoms with van der Waals surface area (Å²) in [4.78, 5) is 25.4. The Bertz CT molecular complexity index is 1470. The third-order valence-corrected chi connectivity index (χ3v) is 6.56. The smallest absolute Gasteiger partial charge is 0.224 e. The van der Waals surface area contributed by atoms with Gasteiger partial charge in [-0.2, -0.15) is 0 Å². The van der Waals surface area contributed by atoms with Gasteiger partial charge in [-0.1, -0.05) is 24.3 Å². The van der Waals surface area contributed by atoms with Crippen LogP contribution in [-0.4, -0.2) is 38.1 Å². The first-order valence-corrected chi connectivity index (χ1v) is 13.5. The number of nitrogens with two attached hydrogens (primary N) is 1. The summed E-state index contributed by atoms with van der Waals surface area (Å²) >= 11 is 0. The fourth-order valence-electron chi connectivity index (χ4n) is 4.37. The number of para-hydroxylation sites is 2. The second-order valence-electron chi connectivity index (χ2n) is 10.1. The van der Waals surface area contributed by atoms with Crippen LogP contribution in [0.15, 0.2) is 66.7 Å². The number of ether oxygens (including phenoxy) is 4. The Balaban J connectivity index is 1.36. The Morgan fingerprint density at radius 3 is 2.49 bits per heavy atom. The Morgan fingerprint density at radius 2 is 1.73 bits per heavy atom. The number of anilines is 2. The minimum atomic E-state index is -0.542. The normalized spacial score (nSPS) is 13.3. The number of ketones is 1. The van der Waals surface area contributed by atoms with Crippen molar-refractivity contribution in [2.75, 3.05) is 31.9 Å². The minimum absolute atomic E-state index is 0.0969. The van der Waals surface area contributed by atoms with E-state index in [-0.39, 0.29) is 11.7 Å². The highest BCUT2D eigenvalue weighted by molar-refractivity contribution is 6.09. The number of hydrogen-bond acceptors (Lipinski definition) is 7. The van der Waals surface area contributed by atoms with Gasteiger partial charge in [0.25, 0.3) is 0 Å². The van der Waals surface area contributed by atoms with Gasteiger partial charge >= 0.3 is 0 Å². The molecule has 41 heavy (non-hydrogen) atoms. The molecule has 8 nitrogen and oxygen atoms in total. The van der Waals surface area contributed by atoms with Gasteiger partial charge in [0.2, 0.25) is 5.91 Å². The molecule has 214 valence electrons. The number of allylic oxidation sites excluding steroid dienone is 1. The zero-order chi connectivity index (χ0) is 29.4. The predicted molar refractivity (Wildman–Crippen MR) is 162 cm³/mol. The topological polar surface area (TPSA) is 109 Å². The Morgan fingerprint density at radius 1 is 0.976 bits per heavy atom. The van der Waals surface area contributed by atoms with Crippen LogP contribution in [0.4, 0.5) is 11.4 Å². The standard InChI is InChI=1S/C33H36N2O6/c1-33(2)19-18-24-28(38-3)17-14-23(32(24)41-33)27(36)15-12-22-13-16-29(39-4)30(21-22)40-20-8-7-11-31(37)35-26-10-6-5-9-25(26)34/h5-6,9-10,12-19,21H,7-8,11,20,34H2,1-4H3,(H,35,37)/b15-12+. The Kier molecular flexibility index (Phi) is 9.34. The molecule has 0 saturated carbocycles. The summed E-state index contributed by atoms with van der Waals surface area (Å²) in [6.07, 6.45) is 8.79. The summed E-state index contributed by atoms with van der Waals surface area (Å²) in [6.45, 7) is 4.27. The zero-order valence-corrected chi connectivity index (χ0v) is 23.9. The molecule has 1 aliphatic heterocycles. The number of benzene rings is 3. The molecule has 8 heteroatoms. The van der Waals surface area contributed by atoms with E-state index < -0.39 is 5.60 Å². The van der Waals surface area contributed by atoms with Gasteiger partial charge in [-0.3, -0.25) is 9.59 Å². The molecule has 3 N–H and O–H groups in total. The van der Waals surface area contributed by atoms with Crippen molar-refractivity contribution in [3.8, 4) is 23.0 Å². The molecule has 0 aromatic heterocycles. The van der Waals surface area contributed by atoms with E-state index in [0.29, 0.717) is 65.8 Å². The zero-order valence-electron chi connectivity index (χ0n) is 23.9. The second-order valence-corrected chi connectivity index (χ2v) is 10.1. The van der Waals surface area contributed by atoms with Gasteiger partial charge < -0.3 is 30.0 Å². The van der Waals surface area contributed by atoms with Crippen LogP contribution < -0.4 is 30.0 Å². The molecule has 0 aliphatic carbocycles. The molecular formula is C33H36N2O6. The molecule has 4 rings (SSSR count). The maximum Gasteiger partial charge on any atom is 0.224 e. The van der Waals surface area contributed by atoms with Crippen molar-refractivity contribution in [2.24, 2.45) is 0 Å². The van der Waals surface area contributed by atoms with Gasteiger partial charge in [0.05, 0.1) is 43.3 Å². The lowest BCUT2D eigenvalue weighted by atomic mass is 9.97.